The minimum Gasteiger partial charge on any atom is -0.310 e. The first-order valence-electron chi connectivity index (χ1n) is 5.26. The summed E-state index contributed by atoms with van der Waals surface area (Å²) in [5.41, 5.74) is 0.771. The SMILES string of the molecule is CC(=O)SC1CC(=O)N(c2ccnc(Cl)c2I)C1. The molecule has 2 heterocycles. The second-order valence-corrected chi connectivity index (χ2v) is 6.79. The quantitative estimate of drug-likeness (QED) is 0.570. The molecule has 1 amide bonds. The standard InChI is InChI=1S/C11H10ClIN2O2S/c1-6(16)18-7-4-9(17)15(5-7)8-2-3-14-11(12)10(8)13/h2-3,7H,4-5H2,1H3. The summed E-state index contributed by atoms with van der Waals surface area (Å²) >= 11 is 9.24. The van der Waals surface area contributed by atoms with Gasteiger partial charge in [0.2, 0.25) is 5.91 Å². The lowest BCUT2D eigenvalue weighted by Gasteiger charge is -2.18. The van der Waals surface area contributed by atoms with Crippen molar-refractivity contribution in [2.45, 2.75) is 18.6 Å². The van der Waals surface area contributed by atoms with Gasteiger partial charge in [-0.15, -0.1) is 0 Å². The summed E-state index contributed by atoms with van der Waals surface area (Å²) < 4.78 is 0.763. The van der Waals surface area contributed by atoms with E-state index in [1.807, 2.05) is 0 Å². The highest BCUT2D eigenvalue weighted by molar-refractivity contribution is 14.1. The number of carbonyl (C=O) groups excluding carboxylic acids is 2. The smallest absolute Gasteiger partial charge is 0.228 e. The van der Waals surface area contributed by atoms with Gasteiger partial charge in [0, 0.05) is 31.3 Å². The maximum atomic E-state index is 12.0. The zero-order chi connectivity index (χ0) is 13.3. The second-order valence-electron chi connectivity index (χ2n) is 3.87. The number of hydrogen-bond donors (Lipinski definition) is 0. The first-order valence-corrected chi connectivity index (χ1v) is 7.60. The van der Waals surface area contributed by atoms with E-state index in [-0.39, 0.29) is 16.3 Å². The Labute approximate surface area is 128 Å². The molecule has 0 radical (unpaired) electrons. The number of aromatic nitrogens is 1. The van der Waals surface area contributed by atoms with Crippen molar-refractivity contribution in [1.29, 1.82) is 0 Å². The Morgan fingerprint density at radius 3 is 3.06 bits per heavy atom. The summed E-state index contributed by atoms with van der Waals surface area (Å²) in [6.45, 7) is 2.06. The Bertz CT molecular complexity index is 512. The van der Waals surface area contributed by atoms with Crippen molar-refractivity contribution >= 4 is 62.7 Å². The van der Waals surface area contributed by atoms with Crippen molar-refractivity contribution in [3.63, 3.8) is 0 Å². The Morgan fingerprint density at radius 2 is 2.39 bits per heavy atom. The highest BCUT2D eigenvalue weighted by atomic mass is 127. The molecule has 4 nitrogen and oxygen atoms in total. The van der Waals surface area contributed by atoms with E-state index in [2.05, 4.69) is 27.6 Å². The third kappa shape index (κ3) is 2.97. The lowest BCUT2D eigenvalue weighted by molar-refractivity contribution is -0.117. The van der Waals surface area contributed by atoms with Crippen LogP contribution in [0.25, 0.3) is 0 Å². The summed E-state index contributed by atoms with van der Waals surface area (Å²) in [6.07, 6.45) is 1.97. The van der Waals surface area contributed by atoms with Crippen LogP contribution in [0.3, 0.4) is 0 Å². The maximum Gasteiger partial charge on any atom is 0.228 e. The van der Waals surface area contributed by atoms with Crippen molar-refractivity contribution in [2.24, 2.45) is 0 Å². The third-order valence-electron chi connectivity index (χ3n) is 2.54. The van der Waals surface area contributed by atoms with Crippen LogP contribution >= 0.6 is 46.0 Å². The van der Waals surface area contributed by atoms with E-state index in [1.54, 1.807) is 17.2 Å². The average molecular weight is 397 g/mol. The zero-order valence-corrected chi connectivity index (χ0v) is 13.3. The van der Waals surface area contributed by atoms with Crippen molar-refractivity contribution in [3.8, 4) is 0 Å². The van der Waals surface area contributed by atoms with Crippen molar-refractivity contribution < 1.29 is 9.59 Å². The van der Waals surface area contributed by atoms with Gasteiger partial charge in [-0.25, -0.2) is 4.98 Å². The number of carbonyl (C=O) groups is 2. The number of nitrogens with zero attached hydrogens (tertiary/aromatic N) is 2. The van der Waals surface area contributed by atoms with Crippen LogP contribution in [0.1, 0.15) is 13.3 Å². The summed E-state index contributed by atoms with van der Waals surface area (Å²) in [5.74, 6) is 0.0222. The minimum absolute atomic E-state index is 0.0222. The molecule has 1 atom stereocenters. The molecule has 0 bridgehead atoms. The lowest BCUT2D eigenvalue weighted by Crippen LogP contribution is -2.26. The summed E-state index contributed by atoms with van der Waals surface area (Å²) in [7, 11) is 0. The highest BCUT2D eigenvalue weighted by Crippen LogP contribution is 2.33. The fraction of sp³-hybridized carbons (Fsp3) is 0.364. The van der Waals surface area contributed by atoms with Gasteiger partial charge in [0.25, 0.3) is 0 Å². The lowest BCUT2D eigenvalue weighted by atomic mass is 10.3. The van der Waals surface area contributed by atoms with E-state index in [0.717, 1.165) is 9.26 Å². The molecule has 0 spiro atoms. The van der Waals surface area contributed by atoms with Crippen LogP contribution in [0.4, 0.5) is 5.69 Å². The van der Waals surface area contributed by atoms with E-state index in [4.69, 9.17) is 11.6 Å². The molecular formula is C11H10ClIN2O2S. The summed E-state index contributed by atoms with van der Waals surface area (Å²) in [4.78, 5) is 28.7. The van der Waals surface area contributed by atoms with Crippen LogP contribution < -0.4 is 4.90 Å². The Morgan fingerprint density at radius 1 is 1.67 bits per heavy atom. The molecule has 2 rings (SSSR count). The molecule has 96 valence electrons. The van der Waals surface area contributed by atoms with E-state index in [0.29, 0.717) is 18.1 Å². The van der Waals surface area contributed by atoms with E-state index < -0.39 is 0 Å². The normalized spacial score (nSPS) is 19.4. The molecule has 18 heavy (non-hydrogen) atoms. The summed E-state index contributed by atoms with van der Waals surface area (Å²) in [5, 5.41) is 0.457. The van der Waals surface area contributed by atoms with Gasteiger partial charge in [0.1, 0.15) is 5.15 Å². The van der Waals surface area contributed by atoms with Gasteiger partial charge in [0.15, 0.2) is 5.12 Å². The molecule has 1 aliphatic heterocycles. The van der Waals surface area contributed by atoms with Gasteiger partial charge >= 0.3 is 0 Å². The van der Waals surface area contributed by atoms with Gasteiger partial charge in [-0.2, -0.15) is 0 Å². The van der Waals surface area contributed by atoms with Crippen molar-refractivity contribution in [1.82, 2.24) is 4.98 Å². The predicted octanol–water partition coefficient (Wildman–Crippen LogP) is 2.72. The molecule has 1 aliphatic rings. The van der Waals surface area contributed by atoms with Gasteiger partial charge in [-0.05, 0) is 28.7 Å². The molecule has 1 saturated heterocycles. The molecule has 1 aromatic heterocycles. The molecule has 0 aliphatic carbocycles. The van der Waals surface area contributed by atoms with Crippen molar-refractivity contribution in [2.75, 3.05) is 11.4 Å². The highest BCUT2D eigenvalue weighted by Gasteiger charge is 2.33. The predicted molar refractivity (Wildman–Crippen MR) is 81.0 cm³/mol. The van der Waals surface area contributed by atoms with Crippen LogP contribution in [0, 0.1) is 3.57 Å². The van der Waals surface area contributed by atoms with Gasteiger partial charge in [0.05, 0.1) is 9.26 Å². The number of halogens is 2. The molecule has 0 N–H and O–H groups in total. The monoisotopic (exact) mass is 396 g/mol. The molecule has 1 unspecified atom stereocenters. The number of anilines is 1. The average Bonchev–Trinajstić information content (AvgIpc) is 2.62. The first-order chi connectivity index (χ1) is 8.49. The fourth-order valence-electron chi connectivity index (χ4n) is 1.84. The number of thioether (sulfide) groups is 1. The summed E-state index contributed by atoms with van der Waals surface area (Å²) in [6, 6.07) is 1.77. The first kappa shape index (κ1) is 14.1. The second kappa shape index (κ2) is 5.75. The number of amides is 1. The van der Waals surface area contributed by atoms with Gasteiger partial charge < -0.3 is 4.90 Å². The third-order valence-corrected chi connectivity index (χ3v) is 5.19. The minimum atomic E-state index is 0.0222. The van der Waals surface area contributed by atoms with Crippen LogP contribution in [0.5, 0.6) is 0 Å². The number of hydrogen-bond acceptors (Lipinski definition) is 4. The molecule has 1 aromatic rings. The molecule has 1 fully saturated rings. The van der Waals surface area contributed by atoms with E-state index in [1.165, 1.54) is 18.7 Å². The van der Waals surface area contributed by atoms with Gasteiger partial charge in [-0.3, -0.25) is 9.59 Å². The molecule has 7 heteroatoms. The molecule has 0 aromatic carbocycles. The van der Waals surface area contributed by atoms with Crippen LogP contribution in [-0.2, 0) is 9.59 Å². The largest absolute Gasteiger partial charge is 0.310 e. The van der Waals surface area contributed by atoms with Crippen molar-refractivity contribution in [3.05, 3.63) is 21.0 Å². The zero-order valence-electron chi connectivity index (χ0n) is 9.52. The van der Waals surface area contributed by atoms with Gasteiger partial charge in [-0.1, -0.05) is 23.4 Å². The van der Waals surface area contributed by atoms with Crippen LogP contribution in [0.15, 0.2) is 12.3 Å². The topological polar surface area (TPSA) is 50.3 Å². The van der Waals surface area contributed by atoms with E-state index in [9.17, 15) is 9.59 Å². The fourth-order valence-corrected chi connectivity index (χ4v) is 3.52. The Hall–Kier alpha value is -0.340. The Balaban J connectivity index is 2.22. The molecular weight excluding hydrogens is 387 g/mol. The number of pyridine rings is 1. The molecule has 0 saturated carbocycles. The van der Waals surface area contributed by atoms with Crippen LogP contribution in [0.2, 0.25) is 5.15 Å². The van der Waals surface area contributed by atoms with E-state index >= 15 is 0 Å². The maximum absolute atomic E-state index is 12.0. The Kier molecular flexibility index (Phi) is 4.50. The number of rotatable bonds is 2. The van der Waals surface area contributed by atoms with Crippen LogP contribution in [-0.4, -0.2) is 27.8 Å².